The highest BCUT2D eigenvalue weighted by atomic mass is 16.3. The minimum atomic E-state index is 0.247. The smallest absolute Gasteiger partial charge is 0.405 e. The molecule has 0 saturated carbocycles. The van der Waals surface area contributed by atoms with E-state index < -0.39 is 0 Å². The zero-order valence-corrected chi connectivity index (χ0v) is 14.0. The van der Waals surface area contributed by atoms with Crippen LogP contribution in [0.2, 0.25) is 6.82 Å². The number of rotatable bonds is 1. The van der Waals surface area contributed by atoms with Crippen LogP contribution in [0.4, 0.5) is 5.82 Å². The number of anilines is 1. The highest BCUT2D eigenvalue weighted by Crippen LogP contribution is 2.18. The molecule has 4 heteroatoms. The molecule has 0 unspecified atom stereocenters. The molecular formula is C19H20BN2O+. The van der Waals surface area contributed by atoms with Gasteiger partial charge >= 0.3 is 6.85 Å². The molecular weight excluding hydrogens is 283 g/mol. The van der Waals surface area contributed by atoms with Crippen LogP contribution in [0.3, 0.4) is 0 Å². The topological polar surface area (TPSA) is 20.3 Å². The van der Waals surface area contributed by atoms with E-state index in [9.17, 15) is 0 Å². The minimum Gasteiger partial charge on any atom is -0.457 e. The number of benzene rings is 1. The highest BCUT2D eigenvalue weighted by Gasteiger charge is 2.29. The SMILES string of the molecule is CB1C=c2oc3ccccc3c2=CN1c1cc(C)c(C)c[n+]1C. The summed E-state index contributed by atoms with van der Waals surface area (Å²) >= 11 is 0. The minimum absolute atomic E-state index is 0.247. The van der Waals surface area contributed by atoms with Crippen molar-refractivity contribution in [1.29, 1.82) is 0 Å². The number of pyridine rings is 1. The Labute approximate surface area is 136 Å². The summed E-state index contributed by atoms with van der Waals surface area (Å²) in [4.78, 5) is 2.32. The van der Waals surface area contributed by atoms with Gasteiger partial charge in [-0.05, 0) is 43.8 Å². The molecule has 1 aromatic carbocycles. The number of aryl methyl sites for hydroxylation is 3. The Bertz CT molecular complexity index is 1040. The van der Waals surface area contributed by atoms with Crippen molar-refractivity contribution >= 4 is 35.8 Å². The van der Waals surface area contributed by atoms with E-state index >= 15 is 0 Å². The van der Waals surface area contributed by atoms with Gasteiger partial charge in [-0.15, -0.1) is 0 Å². The van der Waals surface area contributed by atoms with Gasteiger partial charge in [0.1, 0.15) is 11.0 Å². The lowest BCUT2D eigenvalue weighted by Crippen LogP contribution is -2.47. The molecule has 1 aliphatic heterocycles. The molecule has 0 atom stereocenters. The second-order valence-electron chi connectivity index (χ2n) is 6.43. The van der Waals surface area contributed by atoms with Crippen molar-refractivity contribution in [3.8, 4) is 0 Å². The standard InChI is InChI=1S/C19H20BN2O/c1-13-9-19(21(4)11-14(13)2)22-12-16-15-7-5-6-8-17(15)23-18(16)10-20(22)3/h5-12H,1-4H3/q+1. The van der Waals surface area contributed by atoms with Gasteiger partial charge in [0.25, 0.3) is 5.82 Å². The predicted molar refractivity (Wildman–Crippen MR) is 95.6 cm³/mol. The van der Waals surface area contributed by atoms with Gasteiger partial charge in [-0.3, -0.25) is 4.81 Å². The van der Waals surface area contributed by atoms with Gasteiger partial charge < -0.3 is 4.42 Å². The van der Waals surface area contributed by atoms with Crippen LogP contribution in [0.1, 0.15) is 11.1 Å². The molecule has 0 fully saturated rings. The molecule has 0 spiro atoms. The number of hydrogen-bond acceptors (Lipinski definition) is 2. The van der Waals surface area contributed by atoms with Gasteiger partial charge in [0.05, 0.1) is 24.7 Å². The Morgan fingerprint density at radius 1 is 1.13 bits per heavy atom. The average molecular weight is 303 g/mol. The first-order valence-electron chi connectivity index (χ1n) is 8.01. The van der Waals surface area contributed by atoms with Gasteiger partial charge in [0, 0.05) is 11.5 Å². The molecule has 0 radical (unpaired) electrons. The average Bonchev–Trinajstić information content (AvgIpc) is 2.87. The van der Waals surface area contributed by atoms with Crippen LogP contribution in [0.25, 0.3) is 23.1 Å². The predicted octanol–water partition coefficient (Wildman–Crippen LogP) is 2.07. The van der Waals surface area contributed by atoms with Crippen molar-refractivity contribution < 1.29 is 8.98 Å². The summed E-state index contributed by atoms with van der Waals surface area (Å²) < 4.78 is 8.19. The van der Waals surface area contributed by atoms with Crippen LogP contribution in [-0.4, -0.2) is 6.85 Å². The lowest BCUT2D eigenvalue weighted by atomic mass is 9.62. The second-order valence-corrected chi connectivity index (χ2v) is 6.43. The summed E-state index contributed by atoms with van der Waals surface area (Å²) in [5.74, 6) is 3.39. The van der Waals surface area contributed by atoms with Gasteiger partial charge in [-0.2, -0.15) is 0 Å². The molecule has 23 heavy (non-hydrogen) atoms. The molecule has 4 rings (SSSR count). The molecule has 3 heterocycles. The molecule has 0 bridgehead atoms. The fourth-order valence-electron chi connectivity index (χ4n) is 3.30. The van der Waals surface area contributed by atoms with Crippen molar-refractivity contribution in [2.45, 2.75) is 20.7 Å². The van der Waals surface area contributed by atoms with Crippen molar-refractivity contribution in [2.24, 2.45) is 7.05 Å². The number of aromatic nitrogens is 1. The van der Waals surface area contributed by atoms with Crippen molar-refractivity contribution in [2.75, 3.05) is 4.81 Å². The number of hydrogen-bond donors (Lipinski definition) is 0. The number of nitrogens with zero attached hydrogens (tertiary/aromatic N) is 2. The van der Waals surface area contributed by atoms with E-state index in [-0.39, 0.29) is 6.85 Å². The maximum atomic E-state index is 6.00. The Kier molecular flexibility index (Phi) is 3.08. The fourth-order valence-corrected chi connectivity index (χ4v) is 3.30. The Morgan fingerprint density at radius 3 is 2.74 bits per heavy atom. The fraction of sp³-hybridized carbons (Fsp3) is 0.211. The molecule has 3 nitrogen and oxygen atoms in total. The monoisotopic (exact) mass is 303 g/mol. The van der Waals surface area contributed by atoms with Crippen LogP contribution in [-0.2, 0) is 7.05 Å². The summed E-state index contributed by atoms with van der Waals surface area (Å²) in [7, 11) is 2.10. The van der Waals surface area contributed by atoms with Crippen LogP contribution < -0.4 is 20.0 Å². The molecule has 1 aliphatic rings. The molecule has 0 saturated heterocycles. The van der Waals surface area contributed by atoms with E-state index in [2.05, 4.69) is 73.7 Å². The lowest BCUT2D eigenvalue weighted by molar-refractivity contribution is -0.658. The summed E-state index contributed by atoms with van der Waals surface area (Å²) in [6.45, 7) is 6.75. The third kappa shape index (κ3) is 2.17. The van der Waals surface area contributed by atoms with Crippen molar-refractivity contribution in [1.82, 2.24) is 0 Å². The van der Waals surface area contributed by atoms with E-state index in [1.807, 2.05) is 12.1 Å². The van der Waals surface area contributed by atoms with Crippen LogP contribution in [0.15, 0.2) is 40.9 Å². The summed E-state index contributed by atoms with van der Waals surface area (Å²) in [5, 5.41) is 2.33. The van der Waals surface area contributed by atoms with Gasteiger partial charge in [0.15, 0.2) is 0 Å². The molecule has 2 aromatic heterocycles. The van der Waals surface area contributed by atoms with Gasteiger partial charge in [-0.25, -0.2) is 4.57 Å². The first kappa shape index (κ1) is 14.1. The molecule has 0 N–H and O–H groups in total. The first-order valence-corrected chi connectivity index (χ1v) is 8.01. The van der Waals surface area contributed by atoms with E-state index in [0.717, 1.165) is 16.2 Å². The molecule has 3 aromatic rings. The van der Waals surface area contributed by atoms with Crippen molar-refractivity contribution in [3.05, 3.63) is 58.3 Å². The second kappa shape index (κ2) is 5.02. The molecule has 0 amide bonds. The van der Waals surface area contributed by atoms with Gasteiger partial charge in [-0.1, -0.05) is 18.2 Å². The van der Waals surface area contributed by atoms with Gasteiger partial charge in [0.2, 0.25) is 0 Å². The van der Waals surface area contributed by atoms with Crippen molar-refractivity contribution in [3.63, 3.8) is 0 Å². The summed E-state index contributed by atoms with van der Waals surface area (Å²) in [5.41, 5.74) is 4.53. The summed E-state index contributed by atoms with van der Waals surface area (Å²) in [6.07, 6.45) is 4.41. The molecule has 0 aliphatic carbocycles. The van der Waals surface area contributed by atoms with E-state index in [4.69, 9.17) is 4.42 Å². The zero-order chi connectivity index (χ0) is 16.1. The molecule has 114 valence electrons. The Morgan fingerprint density at radius 2 is 1.91 bits per heavy atom. The Balaban J connectivity index is 1.97. The summed E-state index contributed by atoms with van der Waals surface area (Å²) in [6, 6.07) is 10.5. The zero-order valence-electron chi connectivity index (χ0n) is 14.0. The van der Waals surface area contributed by atoms with Crippen LogP contribution in [0, 0.1) is 13.8 Å². The number of fused-ring (bicyclic) bond motifs is 3. The van der Waals surface area contributed by atoms with E-state index in [1.54, 1.807) is 0 Å². The highest BCUT2D eigenvalue weighted by molar-refractivity contribution is 6.76. The number of para-hydroxylation sites is 1. The first-order chi connectivity index (χ1) is 11.0. The van der Waals surface area contributed by atoms with E-state index in [1.165, 1.54) is 22.3 Å². The third-order valence-electron chi connectivity index (χ3n) is 4.74. The van der Waals surface area contributed by atoms with Crippen LogP contribution >= 0.6 is 0 Å². The third-order valence-corrected chi connectivity index (χ3v) is 4.74. The Hall–Kier alpha value is -2.49. The quantitative estimate of drug-likeness (QED) is 0.507. The lowest BCUT2D eigenvalue weighted by Gasteiger charge is -2.19. The maximum Gasteiger partial charge on any atom is 0.405 e. The van der Waals surface area contributed by atoms with Crippen LogP contribution in [0.5, 0.6) is 0 Å². The normalized spacial score (nSPS) is 13.7. The number of furan rings is 1. The van der Waals surface area contributed by atoms with E-state index in [0.29, 0.717) is 0 Å². The maximum absolute atomic E-state index is 6.00. The largest absolute Gasteiger partial charge is 0.457 e.